The van der Waals surface area contributed by atoms with Gasteiger partial charge in [0.1, 0.15) is 11.9 Å². The maximum absolute atomic E-state index is 13.0. The highest BCUT2D eigenvalue weighted by Crippen LogP contribution is 2.61. The molecule has 1 aromatic carbocycles. The van der Waals surface area contributed by atoms with Gasteiger partial charge in [0, 0.05) is 44.8 Å². The average Bonchev–Trinajstić information content (AvgIpc) is 3.24. The van der Waals surface area contributed by atoms with E-state index in [9.17, 15) is 9.59 Å². The molecule has 0 saturated heterocycles. The molecule has 5 atom stereocenters. The molecule has 2 aliphatic heterocycles. The lowest BCUT2D eigenvalue weighted by Gasteiger charge is -2.50. The van der Waals surface area contributed by atoms with Crippen LogP contribution in [0.1, 0.15) is 68.9 Å². The van der Waals surface area contributed by atoms with Gasteiger partial charge in [-0.25, -0.2) is 9.59 Å². The summed E-state index contributed by atoms with van der Waals surface area (Å²) in [6.45, 7) is 2.37. The van der Waals surface area contributed by atoms with E-state index in [0.717, 1.165) is 44.1 Å². The van der Waals surface area contributed by atoms with Crippen molar-refractivity contribution in [2.75, 3.05) is 14.1 Å². The van der Waals surface area contributed by atoms with E-state index in [-0.39, 0.29) is 23.5 Å². The molecule has 0 unspecified atom stereocenters. The number of rotatable bonds is 4. The number of hydrogen-bond donors (Lipinski definition) is 0. The van der Waals surface area contributed by atoms with Crippen molar-refractivity contribution >= 4 is 11.9 Å². The van der Waals surface area contributed by atoms with Crippen molar-refractivity contribution in [2.45, 2.75) is 70.3 Å². The Morgan fingerprint density at radius 1 is 0.921 bits per heavy atom. The molecule has 6 heteroatoms. The van der Waals surface area contributed by atoms with Crippen LogP contribution in [0.4, 0.5) is 0 Å². The van der Waals surface area contributed by atoms with Gasteiger partial charge in [0.05, 0.1) is 11.1 Å². The predicted octanol–water partition coefficient (Wildman–Crippen LogP) is 5.83. The number of carbonyl (C=O) groups is 2. The molecule has 2 saturated carbocycles. The summed E-state index contributed by atoms with van der Waals surface area (Å²) in [5, 5.41) is 0. The van der Waals surface area contributed by atoms with Crippen molar-refractivity contribution in [1.82, 2.24) is 9.80 Å². The second-order valence-corrected chi connectivity index (χ2v) is 12.0. The van der Waals surface area contributed by atoms with Crippen molar-refractivity contribution in [3.63, 3.8) is 0 Å². The summed E-state index contributed by atoms with van der Waals surface area (Å²) in [6.07, 6.45) is 19.2. The number of fused-ring (bicyclic) bond motifs is 5. The third kappa shape index (κ3) is 4.48. The van der Waals surface area contributed by atoms with E-state index in [4.69, 9.17) is 9.47 Å². The number of ether oxygens (including phenoxy) is 2. The second kappa shape index (κ2) is 9.79. The van der Waals surface area contributed by atoms with Gasteiger partial charge < -0.3 is 19.3 Å². The predicted molar refractivity (Wildman–Crippen MR) is 146 cm³/mol. The van der Waals surface area contributed by atoms with Crippen LogP contribution in [0.15, 0.2) is 66.3 Å². The molecule has 2 fully saturated rings. The van der Waals surface area contributed by atoms with Crippen molar-refractivity contribution < 1.29 is 19.1 Å². The van der Waals surface area contributed by atoms with Crippen molar-refractivity contribution in [3.05, 3.63) is 77.4 Å². The van der Waals surface area contributed by atoms with Crippen LogP contribution in [-0.2, 0) is 20.7 Å². The van der Waals surface area contributed by atoms with Crippen molar-refractivity contribution in [1.29, 1.82) is 0 Å². The lowest BCUT2D eigenvalue weighted by atomic mass is 9.55. The zero-order chi connectivity index (χ0) is 26.4. The van der Waals surface area contributed by atoms with E-state index in [1.54, 1.807) is 0 Å². The molecule has 0 radical (unpaired) electrons. The number of nitrogens with zero attached hydrogens (tertiary/aromatic N) is 2. The molecule has 200 valence electrons. The molecular weight excluding hydrogens is 476 g/mol. The molecule has 0 spiro atoms. The molecule has 0 amide bonds. The highest BCUT2D eigenvalue weighted by molar-refractivity contribution is 5.90. The average molecular weight is 515 g/mol. The minimum atomic E-state index is -0.276. The Hall–Kier alpha value is -3.28. The summed E-state index contributed by atoms with van der Waals surface area (Å²) in [5.41, 5.74) is 4.18. The van der Waals surface area contributed by atoms with Gasteiger partial charge in [-0.05, 0) is 91.9 Å². The van der Waals surface area contributed by atoms with Crippen LogP contribution in [0.5, 0.6) is 5.75 Å². The first-order chi connectivity index (χ1) is 18.3. The Morgan fingerprint density at radius 3 is 2.34 bits per heavy atom. The Balaban J connectivity index is 1.14. The molecule has 6 rings (SSSR count). The lowest BCUT2D eigenvalue weighted by Crippen LogP contribution is -2.45. The summed E-state index contributed by atoms with van der Waals surface area (Å²) in [4.78, 5) is 29.5. The number of aryl methyl sites for hydroxylation is 1. The molecule has 5 aliphatic rings. The van der Waals surface area contributed by atoms with Gasteiger partial charge >= 0.3 is 11.9 Å². The summed E-state index contributed by atoms with van der Waals surface area (Å²) in [7, 11) is 3.85. The highest BCUT2D eigenvalue weighted by Gasteiger charge is 2.56. The van der Waals surface area contributed by atoms with Crippen LogP contribution < -0.4 is 4.74 Å². The molecule has 0 aromatic heterocycles. The van der Waals surface area contributed by atoms with Gasteiger partial charge in [-0.1, -0.05) is 25.1 Å². The van der Waals surface area contributed by atoms with Gasteiger partial charge in [0.2, 0.25) is 0 Å². The number of allylic oxidation sites excluding steroid dienone is 2. The van der Waals surface area contributed by atoms with E-state index in [1.165, 1.54) is 11.1 Å². The van der Waals surface area contributed by atoms with Crippen LogP contribution in [0.3, 0.4) is 0 Å². The van der Waals surface area contributed by atoms with E-state index in [1.807, 2.05) is 66.9 Å². The molecule has 0 N–H and O–H groups in total. The quantitative estimate of drug-likeness (QED) is 0.372. The monoisotopic (exact) mass is 514 g/mol. The van der Waals surface area contributed by atoms with Gasteiger partial charge in [0.15, 0.2) is 0 Å². The van der Waals surface area contributed by atoms with Gasteiger partial charge in [0.25, 0.3) is 0 Å². The second-order valence-electron chi connectivity index (χ2n) is 12.0. The Kier molecular flexibility index (Phi) is 6.45. The fraction of sp³-hybridized carbons (Fsp3) is 0.500. The molecule has 0 bridgehead atoms. The zero-order valence-corrected chi connectivity index (χ0v) is 22.7. The summed E-state index contributed by atoms with van der Waals surface area (Å²) < 4.78 is 12.0. The van der Waals surface area contributed by atoms with Gasteiger partial charge in [-0.3, -0.25) is 0 Å². The summed E-state index contributed by atoms with van der Waals surface area (Å²) in [5.74, 6) is 1.90. The number of esters is 2. The summed E-state index contributed by atoms with van der Waals surface area (Å²) in [6, 6.07) is 6.26. The van der Waals surface area contributed by atoms with Crippen LogP contribution in [-0.4, -0.2) is 41.9 Å². The normalized spacial score (nSPS) is 31.6. The van der Waals surface area contributed by atoms with E-state index in [0.29, 0.717) is 41.9 Å². The first-order valence-corrected chi connectivity index (χ1v) is 14.1. The molecule has 6 nitrogen and oxygen atoms in total. The van der Waals surface area contributed by atoms with Gasteiger partial charge in [-0.2, -0.15) is 0 Å². The largest absolute Gasteiger partial charge is 0.458 e. The molecule has 3 aliphatic carbocycles. The Labute approximate surface area is 225 Å². The number of benzene rings is 1. The molecular formula is C32H38N2O4. The third-order valence-corrected chi connectivity index (χ3v) is 9.67. The Bertz CT molecular complexity index is 1260. The number of carbonyl (C=O) groups excluding carboxylic acids is 2. The Morgan fingerprint density at radius 2 is 1.63 bits per heavy atom. The summed E-state index contributed by atoms with van der Waals surface area (Å²) >= 11 is 0. The standard InChI is InChI=1S/C32H38N2O4/c1-32-15-14-26-25-11-9-24(37-30(35)22-6-4-16-33(2)19-22)18-21(25)8-10-27(26)28(32)12-13-29(32)38-31(36)23-7-5-17-34(3)20-23/h4-5,9,11,16-20,26-29H,6-8,10,12-15H2,1-3H3/t26-,27-,28+,29+,32+/m1/s1. The van der Waals surface area contributed by atoms with E-state index < -0.39 is 0 Å². The van der Waals surface area contributed by atoms with Crippen LogP contribution >= 0.6 is 0 Å². The van der Waals surface area contributed by atoms with Crippen LogP contribution in [0.25, 0.3) is 0 Å². The smallest absolute Gasteiger partial charge is 0.341 e. The molecule has 2 heterocycles. The maximum atomic E-state index is 13.0. The van der Waals surface area contributed by atoms with E-state index in [2.05, 4.69) is 19.1 Å². The van der Waals surface area contributed by atoms with Gasteiger partial charge in [-0.15, -0.1) is 0 Å². The fourth-order valence-corrected chi connectivity index (χ4v) is 7.79. The van der Waals surface area contributed by atoms with Crippen LogP contribution in [0, 0.1) is 17.3 Å². The minimum absolute atomic E-state index is 0.00997. The lowest BCUT2D eigenvalue weighted by molar-refractivity contribution is -0.153. The maximum Gasteiger partial charge on any atom is 0.341 e. The third-order valence-electron chi connectivity index (χ3n) is 9.67. The highest BCUT2D eigenvalue weighted by atomic mass is 16.5. The fourth-order valence-electron chi connectivity index (χ4n) is 7.79. The minimum Gasteiger partial charge on any atom is -0.458 e. The topological polar surface area (TPSA) is 59.1 Å². The van der Waals surface area contributed by atoms with Crippen molar-refractivity contribution in [2.24, 2.45) is 17.3 Å². The zero-order valence-electron chi connectivity index (χ0n) is 22.7. The van der Waals surface area contributed by atoms with E-state index >= 15 is 0 Å². The van der Waals surface area contributed by atoms with Crippen LogP contribution in [0.2, 0.25) is 0 Å². The molecule has 1 aromatic rings. The SMILES string of the molecule is CN1C=CCC(C(=O)Oc2ccc3c(c2)CC[C@@H]2[C@@H]3CC[C@]3(C)[C@@H](OC(=O)C4=CN(C)C=CC4)CC[C@@H]23)=C1. The number of hydrogen-bond acceptors (Lipinski definition) is 6. The molecule has 38 heavy (non-hydrogen) atoms. The first kappa shape index (κ1) is 25.0. The first-order valence-electron chi connectivity index (χ1n) is 14.1. The van der Waals surface area contributed by atoms with Crippen molar-refractivity contribution in [3.8, 4) is 5.75 Å².